The van der Waals surface area contributed by atoms with Crippen molar-refractivity contribution < 1.29 is 13.1 Å². The van der Waals surface area contributed by atoms with Gasteiger partial charge in [0.05, 0.1) is 34.5 Å². The molecule has 1 aromatic heterocycles. The van der Waals surface area contributed by atoms with Crippen molar-refractivity contribution in [2.24, 2.45) is 17.0 Å². The van der Waals surface area contributed by atoms with Gasteiger partial charge in [0.25, 0.3) is 0 Å². The Hall–Kier alpha value is -1.06. The Balaban J connectivity index is 0.000000817. The summed E-state index contributed by atoms with van der Waals surface area (Å²) in [7, 11) is 11.6. The first-order valence-corrected chi connectivity index (χ1v) is 12.3. The summed E-state index contributed by atoms with van der Waals surface area (Å²) in [5.41, 5.74) is 5.50. The standard InChI is InChI=1S/C21H27N3.2ClH.Fe/c1-16(22-18-10-6-4-7-11-18)20-14-15-21(24(20)3)17(2)23-19-12-8-5-9-13-19;;;/h4,6-7,10-11,14-15,19H,5,8-9,12-13H2,1-3H3;2*1H;/q;;;+2/p-2. The molecule has 1 fully saturated rings. The van der Waals surface area contributed by atoms with Crippen molar-refractivity contribution in [1.82, 2.24) is 4.57 Å². The molecule has 0 aliphatic heterocycles. The molecule has 0 atom stereocenters. The quantitative estimate of drug-likeness (QED) is 0.369. The fourth-order valence-electron chi connectivity index (χ4n) is 3.54. The van der Waals surface area contributed by atoms with E-state index in [0.717, 1.165) is 22.8 Å². The van der Waals surface area contributed by atoms with E-state index in [1.54, 1.807) is 0 Å². The number of nitrogens with zero attached hydrogens (tertiary/aromatic N) is 3. The third-order valence-corrected chi connectivity index (χ3v) is 4.87. The number of halogens is 2. The number of aromatic nitrogens is 1. The van der Waals surface area contributed by atoms with Crippen LogP contribution in [0.2, 0.25) is 0 Å². The zero-order valence-electron chi connectivity index (χ0n) is 16.1. The molecule has 0 amide bonds. The minimum absolute atomic E-state index is 0.194. The molecular formula is C21H27Cl2FeN3. The van der Waals surface area contributed by atoms with E-state index >= 15 is 0 Å². The van der Waals surface area contributed by atoms with Gasteiger partial charge in [0.15, 0.2) is 0 Å². The van der Waals surface area contributed by atoms with E-state index in [1.165, 1.54) is 37.8 Å². The van der Waals surface area contributed by atoms with Crippen molar-refractivity contribution >= 4 is 37.3 Å². The van der Waals surface area contributed by atoms with Crippen LogP contribution in [0, 0.1) is 0 Å². The molecule has 0 N–H and O–H groups in total. The van der Waals surface area contributed by atoms with Crippen LogP contribution in [-0.2, 0) is 20.2 Å². The van der Waals surface area contributed by atoms with Crippen LogP contribution in [0.4, 0.5) is 5.69 Å². The van der Waals surface area contributed by atoms with Crippen molar-refractivity contribution in [3.63, 3.8) is 0 Å². The molecule has 0 saturated heterocycles. The molecule has 0 spiro atoms. The van der Waals surface area contributed by atoms with E-state index < -0.39 is 0 Å². The molecule has 6 heteroatoms. The van der Waals surface area contributed by atoms with Crippen LogP contribution < -0.4 is 0 Å². The molecule has 148 valence electrons. The number of benzene rings is 1. The number of hydrogen-bond donors (Lipinski definition) is 0. The van der Waals surface area contributed by atoms with Crippen LogP contribution in [-0.4, -0.2) is 22.0 Å². The van der Waals surface area contributed by atoms with Gasteiger partial charge in [0.2, 0.25) is 0 Å². The summed E-state index contributed by atoms with van der Waals surface area (Å²) in [4.78, 5) is 9.71. The van der Waals surface area contributed by atoms with Gasteiger partial charge in [-0.15, -0.1) is 0 Å². The van der Waals surface area contributed by atoms with Gasteiger partial charge in [0.1, 0.15) is 0 Å². The van der Waals surface area contributed by atoms with E-state index in [1.807, 2.05) is 30.3 Å². The van der Waals surface area contributed by atoms with Crippen molar-refractivity contribution in [3.05, 3.63) is 53.9 Å². The van der Waals surface area contributed by atoms with Crippen LogP contribution in [0.15, 0.2) is 52.4 Å². The van der Waals surface area contributed by atoms with E-state index in [4.69, 9.17) is 30.2 Å². The maximum absolute atomic E-state index is 4.98. The summed E-state index contributed by atoms with van der Waals surface area (Å²) < 4.78 is 2.21. The molecular weight excluding hydrogens is 421 g/mol. The number of aliphatic imine (C=N–C) groups is 2. The molecule has 1 aromatic carbocycles. The molecule has 3 rings (SSSR count). The zero-order chi connectivity index (χ0) is 19.6. The fourth-order valence-corrected chi connectivity index (χ4v) is 3.54. The molecule has 27 heavy (non-hydrogen) atoms. The SMILES string of the molecule is CC(=Nc1ccccc1)c1ccc(C(C)=NC2CCCCC2)n1C.[Cl][Fe][Cl]. The van der Waals surface area contributed by atoms with Crippen LogP contribution in [0.25, 0.3) is 0 Å². The fraction of sp³-hybridized carbons (Fsp3) is 0.429. The monoisotopic (exact) mass is 447 g/mol. The first-order valence-electron chi connectivity index (χ1n) is 9.23. The average molecular weight is 448 g/mol. The van der Waals surface area contributed by atoms with E-state index in [9.17, 15) is 0 Å². The maximum atomic E-state index is 4.98. The van der Waals surface area contributed by atoms with Crippen molar-refractivity contribution in [1.29, 1.82) is 0 Å². The Labute approximate surface area is 177 Å². The first kappa shape index (κ1) is 22.2. The Morgan fingerprint density at radius 1 is 0.926 bits per heavy atom. The molecule has 2 aromatic rings. The van der Waals surface area contributed by atoms with Crippen molar-refractivity contribution in [2.45, 2.75) is 52.0 Å². The zero-order valence-corrected chi connectivity index (χ0v) is 18.7. The predicted molar refractivity (Wildman–Crippen MR) is 115 cm³/mol. The third-order valence-electron chi connectivity index (χ3n) is 4.87. The summed E-state index contributed by atoms with van der Waals surface area (Å²) in [6, 6.07) is 14.9. The second kappa shape index (κ2) is 11.7. The van der Waals surface area contributed by atoms with Crippen LogP contribution in [0.5, 0.6) is 0 Å². The Kier molecular flexibility index (Phi) is 9.64. The normalized spacial score (nSPS) is 16.2. The number of hydrogen-bond acceptors (Lipinski definition) is 2. The summed E-state index contributed by atoms with van der Waals surface area (Å²) in [6.45, 7) is 4.21. The molecule has 0 bridgehead atoms. The Morgan fingerprint density at radius 2 is 1.48 bits per heavy atom. The van der Waals surface area contributed by atoms with E-state index in [0.29, 0.717) is 6.04 Å². The second-order valence-corrected chi connectivity index (χ2v) is 8.58. The van der Waals surface area contributed by atoms with Gasteiger partial charge in [-0.1, -0.05) is 37.5 Å². The van der Waals surface area contributed by atoms with Gasteiger partial charge < -0.3 is 4.57 Å². The summed E-state index contributed by atoms with van der Waals surface area (Å²) in [6.07, 6.45) is 6.49. The first-order chi connectivity index (χ1) is 13.1. The van der Waals surface area contributed by atoms with Gasteiger partial charge in [-0.3, -0.25) is 9.98 Å². The molecule has 0 unspecified atom stereocenters. The van der Waals surface area contributed by atoms with Crippen LogP contribution in [0.1, 0.15) is 57.3 Å². The Bertz CT molecular complexity index is 763. The topological polar surface area (TPSA) is 29.6 Å². The molecule has 3 nitrogen and oxygen atoms in total. The second-order valence-electron chi connectivity index (χ2n) is 6.75. The van der Waals surface area contributed by atoms with Gasteiger partial charge in [0, 0.05) is 7.05 Å². The van der Waals surface area contributed by atoms with Crippen molar-refractivity contribution in [2.75, 3.05) is 0 Å². The van der Waals surface area contributed by atoms with E-state index in [-0.39, 0.29) is 13.1 Å². The Morgan fingerprint density at radius 3 is 2.07 bits per heavy atom. The minimum atomic E-state index is 0.194. The molecule has 1 saturated carbocycles. The molecule has 0 radical (unpaired) electrons. The summed E-state index contributed by atoms with van der Waals surface area (Å²) in [5, 5.41) is 0. The molecule has 1 aliphatic carbocycles. The summed E-state index contributed by atoms with van der Waals surface area (Å²) >= 11 is 0.194. The number of rotatable bonds is 4. The summed E-state index contributed by atoms with van der Waals surface area (Å²) in [5.74, 6) is 0. The predicted octanol–water partition coefficient (Wildman–Crippen LogP) is 6.68. The number of para-hydroxylation sites is 1. The third kappa shape index (κ3) is 6.80. The van der Waals surface area contributed by atoms with Gasteiger partial charge >= 0.3 is 33.3 Å². The van der Waals surface area contributed by atoms with Gasteiger partial charge in [-0.2, -0.15) is 0 Å². The molecule has 1 aliphatic rings. The van der Waals surface area contributed by atoms with Gasteiger partial charge in [-0.25, -0.2) is 0 Å². The van der Waals surface area contributed by atoms with Crippen LogP contribution >= 0.6 is 20.2 Å². The van der Waals surface area contributed by atoms with Crippen molar-refractivity contribution in [3.8, 4) is 0 Å². The molecule has 1 heterocycles. The van der Waals surface area contributed by atoms with Gasteiger partial charge in [-0.05, 0) is 51.0 Å². The van der Waals surface area contributed by atoms with E-state index in [2.05, 4.69) is 37.6 Å². The van der Waals surface area contributed by atoms with Crippen LogP contribution in [0.3, 0.4) is 0 Å². The average Bonchev–Trinajstić information content (AvgIpc) is 3.06.